The van der Waals surface area contributed by atoms with Crippen LogP contribution in [0.4, 0.5) is 34.1 Å². The highest BCUT2D eigenvalue weighted by Crippen LogP contribution is 2.47. The van der Waals surface area contributed by atoms with Gasteiger partial charge in [0, 0.05) is 34.1 Å². The molecule has 2 heterocycles. The fraction of sp³-hybridized carbons (Fsp3) is 0.375. The van der Waals surface area contributed by atoms with E-state index in [0.29, 0.717) is 5.92 Å². The molecular formula is C48H55BN2. The summed E-state index contributed by atoms with van der Waals surface area (Å²) in [6.45, 7) is 21.1. The minimum atomic E-state index is 0.0307. The van der Waals surface area contributed by atoms with E-state index in [2.05, 4.69) is 175 Å². The summed E-state index contributed by atoms with van der Waals surface area (Å²) in [5.74, 6) is 0.579. The van der Waals surface area contributed by atoms with Crippen LogP contribution in [0.25, 0.3) is 0 Å². The molecule has 260 valence electrons. The normalized spacial score (nSPS) is 16.1. The van der Waals surface area contributed by atoms with Crippen LogP contribution in [-0.2, 0) is 16.2 Å². The maximum atomic E-state index is 2.61. The molecule has 5 aromatic carbocycles. The lowest BCUT2D eigenvalue weighted by atomic mass is 9.33. The number of anilines is 6. The number of fused-ring (bicyclic) bond motifs is 4. The molecule has 8 rings (SSSR count). The van der Waals surface area contributed by atoms with E-state index in [1.807, 2.05) is 0 Å². The zero-order chi connectivity index (χ0) is 35.9. The van der Waals surface area contributed by atoms with Gasteiger partial charge in [-0.2, -0.15) is 0 Å². The zero-order valence-corrected chi connectivity index (χ0v) is 32.4. The average molecular weight is 671 g/mol. The van der Waals surface area contributed by atoms with Crippen LogP contribution in [0.5, 0.6) is 0 Å². The van der Waals surface area contributed by atoms with Crippen molar-refractivity contribution < 1.29 is 0 Å². The topological polar surface area (TPSA) is 6.48 Å². The third kappa shape index (κ3) is 5.91. The van der Waals surface area contributed by atoms with E-state index in [9.17, 15) is 0 Å². The van der Waals surface area contributed by atoms with Gasteiger partial charge >= 0.3 is 0 Å². The Labute approximate surface area is 308 Å². The van der Waals surface area contributed by atoms with E-state index >= 15 is 0 Å². The predicted molar refractivity (Wildman–Crippen MR) is 222 cm³/mol. The van der Waals surface area contributed by atoms with Crippen LogP contribution < -0.4 is 26.2 Å². The summed E-state index contributed by atoms with van der Waals surface area (Å²) < 4.78 is 0. The van der Waals surface area contributed by atoms with Crippen LogP contribution in [0.2, 0.25) is 0 Å². The number of nitrogens with zero attached hydrogens (tertiary/aromatic N) is 2. The van der Waals surface area contributed by atoms with E-state index in [1.165, 1.54) is 105 Å². The van der Waals surface area contributed by atoms with Crippen molar-refractivity contribution >= 4 is 57.2 Å². The molecule has 1 saturated carbocycles. The lowest BCUT2D eigenvalue weighted by Gasteiger charge is -2.45. The quantitative estimate of drug-likeness (QED) is 0.173. The minimum absolute atomic E-state index is 0.0307. The van der Waals surface area contributed by atoms with Gasteiger partial charge in [0.1, 0.15) is 0 Å². The van der Waals surface area contributed by atoms with Gasteiger partial charge in [-0.15, -0.1) is 0 Å². The number of hydrogen-bond acceptors (Lipinski definition) is 2. The second kappa shape index (κ2) is 12.2. The molecule has 0 radical (unpaired) electrons. The van der Waals surface area contributed by atoms with E-state index in [0.717, 1.165) is 0 Å². The Kier molecular flexibility index (Phi) is 8.09. The average Bonchev–Trinajstić information content (AvgIpc) is 3.10. The van der Waals surface area contributed by atoms with Crippen molar-refractivity contribution in [2.24, 2.45) is 0 Å². The van der Waals surface area contributed by atoms with Crippen LogP contribution >= 0.6 is 0 Å². The van der Waals surface area contributed by atoms with Crippen LogP contribution in [0.3, 0.4) is 0 Å². The molecule has 1 fully saturated rings. The summed E-state index contributed by atoms with van der Waals surface area (Å²) in [6, 6.07) is 40.4. The van der Waals surface area contributed by atoms with Gasteiger partial charge in [-0.3, -0.25) is 0 Å². The second-order valence-electron chi connectivity index (χ2n) is 18.6. The van der Waals surface area contributed by atoms with Crippen LogP contribution in [0, 0.1) is 0 Å². The molecule has 0 amide bonds. The zero-order valence-electron chi connectivity index (χ0n) is 32.4. The SMILES string of the molecule is CC(C)(C)c1ccc(N2c3ccc(C(C)(C)C)cc3B3c4cc(C(C)(C)C)ccc4N(c4ccccc4)c4cc(C5CCCCC5)cc2c43)cc1. The molecule has 2 aliphatic heterocycles. The lowest BCUT2D eigenvalue weighted by Crippen LogP contribution is -2.61. The third-order valence-corrected chi connectivity index (χ3v) is 11.9. The van der Waals surface area contributed by atoms with Gasteiger partial charge in [-0.05, 0) is 122 Å². The minimum Gasteiger partial charge on any atom is -0.311 e. The summed E-state index contributed by atoms with van der Waals surface area (Å²) in [4.78, 5) is 5.20. The lowest BCUT2D eigenvalue weighted by molar-refractivity contribution is 0.444. The number of rotatable bonds is 3. The first-order chi connectivity index (χ1) is 24.2. The third-order valence-electron chi connectivity index (χ3n) is 11.9. The Bertz CT molecular complexity index is 2080. The molecule has 0 N–H and O–H groups in total. The van der Waals surface area contributed by atoms with Gasteiger partial charge in [-0.1, -0.05) is 136 Å². The number of benzene rings is 5. The van der Waals surface area contributed by atoms with Crippen molar-refractivity contribution in [3.05, 3.63) is 125 Å². The van der Waals surface area contributed by atoms with E-state index < -0.39 is 0 Å². The summed E-state index contributed by atoms with van der Waals surface area (Å²) in [6.07, 6.45) is 6.52. The molecular weight excluding hydrogens is 615 g/mol. The molecule has 1 aliphatic carbocycles. The van der Waals surface area contributed by atoms with Crippen LogP contribution in [-0.4, -0.2) is 6.71 Å². The van der Waals surface area contributed by atoms with Gasteiger partial charge in [-0.25, -0.2) is 0 Å². The summed E-state index contributed by atoms with van der Waals surface area (Å²) in [5.41, 5.74) is 17.7. The molecule has 0 saturated heterocycles. The Morgan fingerprint density at radius 3 is 1.39 bits per heavy atom. The smallest absolute Gasteiger partial charge is 0.252 e. The van der Waals surface area contributed by atoms with Crippen molar-refractivity contribution in [1.29, 1.82) is 0 Å². The molecule has 2 nitrogen and oxygen atoms in total. The maximum absolute atomic E-state index is 2.61. The Morgan fingerprint density at radius 1 is 0.471 bits per heavy atom. The highest BCUT2D eigenvalue weighted by molar-refractivity contribution is 7.00. The van der Waals surface area contributed by atoms with E-state index in [1.54, 1.807) is 0 Å². The molecule has 0 spiro atoms. The van der Waals surface area contributed by atoms with E-state index in [4.69, 9.17) is 0 Å². The van der Waals surface area contributed by atoms with Crippen molar-refractivity contribution in [3.63, 3.8) is 0 Å². The van der Waals surface area contributed by atoms with Crippen LogP contribution in [0.15, 0.2) is 103 Å². The highest BCUT2D eigenvalue weighted by Gasteiger charge is 2.44. The van der Waals surface area contributed by atoms with Gasteiger partial charge in [0.2, 0.25) is 0 Å². The first-order valence-corrected chi connectivity index (χ1v) is 19.4. The Balaban J connectivity index is 1.48. The first kappa shape index (κ1) is 33.9. The number of hydrogen-bond donors (Lipinski definition) is 0. The van der Waals surface area contributed by atoms with E-state index in [-0.39, 0.29) is 23.0 Å². The van der Waals surface area contributed by atoms with Crippen molar-refractivity contribution in [2.75, 3.05) is 9.80 Å². The molecule has 5 aromatic rings. The maximum Gasteiger partial charge on any atom is 0.252 e. The largest absolute Gasteiger partial charge is 0.311 e. The molecule has 0 atom stereocenters. The summed E-state index contributed by atoms with van der Waals surface area (Å²) in [5, 5.41) is 0. The molecule has 51 heavy (non-hydrogen) atoms. The number of para-hydroxylation sites is 1. The molecule has 3 aliphatic rings. The van der Waals surface area contributed by atoms with Crippen LogP contribution in [0.1, 0.15) is 123 Å². The first-order valence-electron chi connectivity index (χ1n) is 19.4. The van der Waals surface area contributed by atoms with Gasteiger partial charge in [0.25, 0.3) is 6.71 Å². The monoisotopic (exact) mass is 670 g/mol. The second-order valence-corrected chi connectivity index (χ2v) is 18.6. The van der Waals surface area contributed by atoms with Gasteiger partial charge in [0.05, 0.1) is 0 Å². The predicted octanol–water partition coefficient (Wildman–Crippen LogP) is 11.7. The van der Waals surface area contributed by atoms with Crippen molar-refractivity contribution in [1.82, 2.24) is 0 Å². The molecule has 3 heteroatoms. The van der Waals surface area contributed by atoms with Gasteiger partial charge < -0.3 is 9.80 Å². The highest BCUT2D eigenvalue weighted by atomic mass is 15.2. The van der Waals surface area contributed by atoms with Gasteiger partial charge in [0.15, 0.2) is 0 Å². The standard InChI is InChI=1S/C48H55BN2/c1-46(2,3)34-20-24-38(25-21-34)51-42-27-23-36(48(7,8)9)31-40(42)49-39-30-35(47(4,5)6)22-26-41(39)50(37-18-14-11-15-19-37)43-28-33(29-44(51)45(43)49)32-16-12-10-13-17-32/h11,14-15,18-32H,10,12-13,16-17H2,1-9H3. The molecule has 0 bridgehead atoms. The van der Waals surface area contributed by atoms with Crippen molar-refractivity contribution in [3.8, 4) is 0 Å². The Hall–Kier alpha value is -4.24. The Morgan fingerprint density at radius 2 is 0.922 bits per heavy atom. The summed E-state index contributed by atoms with van der Waals surface area (Å²) in [7, 11) is 0. The fourth-order valence-corrected chi connectivity index (χ4v) is 8.88. The summed E-state index contributed by atoms with van der Waals surface area (Å²) >= 11 is 0. The van der Waals surface area contributed by atoms with Crippen molar-refractivity contribution in [2.45, 2.75) is 117 Å². The fourth-order valence-electron chi connectivity index (χ4n) is 8.88. The molecule has 0 unspecified atom stereocenters. The molecule has 0 aromatic heterocycles.